The molecule has 0 saturated heterocycles. The van der Waals surface area contributed by atoms with E-state index in [0.29, 0.717) is 17.4 Å². The number of halogens is 1. The van der Waals surface area contributed by atoms with E-state index in [1.807, 2.05) is 38.2 Å². The Kier molecular flexibility index (Phi) is 4.22. The zero-order chi connectivity index (χ0) is 13.1. The standard InChI is InChI=1S/C13H15ClN2OS/c1-8(15)10-3-4-13(12(14)5-10)17-7-11-6-16-9(2)18-11/h3-6,8H,7,15H2,1-2H3/t8-/m0/s1. The van der Waals surface area contributed by atoms with Crippen LogP contribution in [0.4, 0.5) is 0 Å². The van der Waals surface area contributed by atoms with Gasteiger partial charge in [-0.3, -0.25) is 0 Å². The summed E-state index contributed by atoms with van der Waals surface area (Å²) in [5, 5.41) is 1.62. The second-order valence-corrected chi connectivity index (χ2v) is 5.84. The van der Waals surface area contributed by atoms with Crippen molar-refractivity contribution in [2.75, 3.05) is 0 Å². The second-order valence-electron chi connectivity index (χ2n) is 4.11. The molecule has 2 aromatic rings. The topological polar surface area (TPSA) is 48.1 Å². The van der Waals surface area contributed by atoms with Gasteiger partial charge in [0.25, 0.3) is 0 Å². The molecule has 3 nitrogen and oxygen atoms in total. The SMILES string of the molecule is Cc1ncc(COc2ccc([C@H](C)N)cc2Cl)s1. The molecule has 1 aromatic heterocycles. The summed E-state index contributed by atoms with van der Waals surface area (Å²) in [5.74, 6) is 0.673. The highest BCUT2D eigenvalue weighted by molar-refractivity contribution is 7.11. The van der Waals surface area contributed by atoms with E-state index >= 15 is 0 Å². The zero-order valence-corrected chi connectivity index (χ0v) is 11.9. The normalized spacial score (nSPS) is 12.4. The Bertz CT molecular complexity index is 540. The first-order valence-corrected chi connectivity index (χ1v) is 6.85. The molecule has 1 aromatic carbocycles. The van der Waals surface area contributed by atoms with E-state index in [2.05, 4.69) is 4.98 Å². The lowest BCUT2D eigenvalue weighted by Crippen LogP contribution is -2.05. The minimum Gasteiger partial charge on any atom is -0.486 e. The summed E-state index contributed by atoms with van der Waals surface area (Å²) in [5.41, 5.74) is 6.80. The van der Waals surface area contributed by atoms with Crippen LogP contribution in [0.5, 0.6) is 5.75 Å². The zero-order valence-electron chi connectivity index (χ0n) is 10.3. The smallest absolute Gasteiger partial charge is 0.138 e. The van der Waals surface area contributed by atoms with Crippen LogP contribution in [0.2, 0.25) is 5.02 Å². The van der Waals surface area contributed by atoms with E-state index in [4.69, 9.17) is 22.1 Å². The summed E-state index contributed by atoms with van der Waals surface area (Å²) in [6.07, 6.45) is 1.82. The van der Waals surface area contributed by atoms with Crippen molar-refractivity contribution in [1.29, 1.82) is 0 Å². The minimum atomic E-state index is -0.0271. The van der Waals surface area contributed by atoms with Gasteiger partial charge in [0.1, 0.15) is 12.4 Å². The molecule has 18 heavy (non-hydrogen) atoms. The fourth-order valence-corrected chi connectivity index (χ4v) is 2.49. The van der Waals surface area contributed by atoms with Crippen LogP contribution in [0.1, 0.15) is 28.4 Å². The fourth-order valence-electron chi connectivity index (χ4n) is 1.54. The Labute approximate surface area is 116 Å². The van der Waals surface area contributed by atoms with Crippen LogP contribution < -0.4 is 10.5 Å². The van der Waals surface area contributed by atoms with Crippen LogP contribution in [0.15, 0.2) is 24.4 Å². The lowest BCUT2D eigenvalue weighted by molar-refractivity contribution is 0.309. The number of ether oxygens (including phenoxy) is 1. The average Bonchev–Trinajstić information content (AvgIpc) is 2.73. The number of benzene rings is 1. The molecule has 0 fully saturated rings. The van der Waals surface area contributed by atoms with Gasteiger partial charge >= 0.3 is 0 Å². The molecule has 2 rings (SSSR count). The van der Waals surface area contributed by atoms with Crippen LogP contribution in [0, 0.1) is 6.92 Å². The van der Waals surface area contributed by atoms with E-state index in [-0.39, 0.29) is 6.04 Å². The van der Waals surface area contributed by atoms with Gasteiger partial charge in [-0.2, -0.15) is 0 Å². The summed E-state index contributed by atoms with van der Waals surface area (Å²) < 4.78 is 5.67. The molecule has 0 radical (unpaired) electrons. The number of thiazole rings is 1. The lowest BCUT2D eigenvalue weighted by atomic mass is 10.1. The first-order chi connectivity index (χ1) is 8.56. The maximum absolute atomic E-state index is 6.15. The summed E-state index contributed by atoms with van der Waals surface area (Å²) in [7, 11) is 0. The van der Waals surface area contributed by atoms with Crippen LogP contribution in [0.25, 0.3) is 0 Å². The first kappa shape index (κ1) is 13.3. The number of nitrogens with zero attached hydrogens (tertiary/aromatic N) is 1. The van der Waals surface area contributed by atoms with Crippen LogP contribution >= 0.6 is 22.9 Å². The molecule has 1 heterocycles. The first-order valence-electron chi connectivity index (χ1n) is 5.65. The molecule has 0 unspecified atom stereocenters. The van der Waals surface area contributed by atoms with Gasteiger partial charge < -0.3 is 10.5 Å². The maximum Gasteiger partial charge on any atom is 0.138 e. The molecule has 0 aliphatic heterocycles. The molecule has 96 valence electrons. The van der Waals surface area contributed by atoms with Crippen LogP contribution in [-0.4, -0.2) is 4.98 Å². The Morgan fingerprint density at radius 3 is 2.83 bits per heavy atom. The van der Waals surface area contributed by atoms with Crippen LogP contribution in [0.3, 0.4) is 0 Å². The highest BCUT2D eigenvalue weighted by atomic mass is 35.5. The number of hydrogen-bond donors (Lipinski definition) is 1. The van der Waals surface area contributed by atoms with Crippen molar-refractivity contribution in [3.63, 3.8) is 0 Å². The van der Waals surface area contributed by atoms with Gasteiger partial charge in [0.2, 0.25) is 0 Å². The van der Waals surface area contributed by atoms with Crippen molar-refractivity contribution in [3.05, 3.63) is 44.9 Å². The Morgan fingerprint density at radius 2 is 2.28 bits per heavy atom. The van der Waals surface area contributed by atoms with E-state index in [9.17, 15) is 0 Å². The van der Waals surface area contributed by atoms with Crippen molar-refractivity contribution < 1.29 is 4.74 Å². The summed E-state index contributed by atoms with van der Waals surface area (Å²) in [4.78, 5) is 5.26. The molecule has 0 spiro atoms. The van der Waals surface area contributed by atoms with Crippen molar-refractivity contribution in [2.24, 2.45) is 5.73 Å². The number of aromatic nitrogens is 1. The molecule has 0 aliphatic carbocycles. The molecule has 2 N–H and O–H groups in total. The van der Waals surface area contributed by atoms with Gasteiger partial charge in [-0.25, -0.2) is 4.98 Å². The summed E-state index contributed by atoms with van der Waals surface area (Å²) in [6, 6.07) is 5.61. The van der Waals surface area contributed by atoms with Crippen LogP contribution in [-0.2, 0) is 6.61 Å². The Morgan fingerprint density at radius 1 is 1.50 bits per heavy atom. The molecule has 0 amide bonds. The molecule has 5 heteroatoms. The third kappa shape index (κ3) is 3.22. The highest BCUT2D eigenvalue weighted by Gasteiger charge is 2.07. The monoisotopic (exact) mass is 282 g/mol. The largest absolute Gasteiger partial charge is 0.486 e. The maximum atomic E-state index is 6.15. The number of nitrogens with two attached hydrogens (primary N) is 1. The van der Waals surface area contributed by atoms with Crippen molar-refractivity contribution >= 4 is 22.9 Å². The van der Waals surface area contributed by atoms with Crippen molar-refractivity contribution in [1.82, 2.24) is 4.98 Å². The second kappa shape index (κ2) is 5.69. The van der Waals surface area contributed by atoms with E-state index in [1.165, 1.54) is 0 Å². The van der Waals surface area contributed by atoms with Gasteiger partial charge in [0.05, 0.1) is 14.9 Å². The van der Waals surface area contributed by atoms with Crippen molar-refractivity contribution in [2.45, 2.75) is 26.5 Å². The Balaban J connectivity index is 2.05. The van der Waals surface area contributed by atoms with Gasteiger partial charge in [-0.05, 0) is 31.5 Å². The lowest BCUT2D eigenvalue weighted by Gasteiger charge is -2.10. The number of hydrogen-bond acceptors (Lipinski definition) is 4. The molecule has 0 saturated carbocycles. The van der Waals surface area contributed by atoms with Gasteiger partial charge in [0.15, 0.2) is 0 Å². The quantitative estimate of drug-likeness (QED) is 0.930. The minimum absolute atomic E-state index is 0.0271. The third-order valence-electron chi connectivity index (χ3n) is 2.52. The third-order valence-corrected chi connectivity index (χ3v) is 3.70. The molecule has 1 atom stereocenters. The van der Waals surface area contributed by atoms with E-state index < -0.39 is 0 Å². The highest BCUT2D eigenvalue weighted by Crippen LogP contribution is 2.28. The molecular weight excluding hydrogens is 268 g/mol. The Hall–Kier alpha value is -1.10. The number of rotatable bonds is 4. The van der Waals surface area contributed by atoms with E-state index in [1.54, 1.807) is 11.3 Å². The summed E-state index contributed by atoms with van der Waals surface area (Å²) in [6.45, 7) is 4.38. The van der Waals surface area contributed by atoms with Gasteiger partial charge in [-0.15, -0.1) is 11.3 Å². The molecule has 0 aliphatic rings. The predicted molar refractivity (Wildman–Crippen MR) is 75.2 cm³/mol. The van der Waals surface area contributed by atoms with Gasteiger partial charge in [-0.1, -0.05) is 17.7 Å². The van der Waals surface area contributed by atoms with Crippen molar-refractivity contribution in [3.8, 4) is 5.75 Å². The summed E-state index contributed by atoms with van der Waals surface area (Å²) >= 11 is 7.77. The molecular formula is C13H15ClN2OS. The van der Waals surface area contributed by atoms with Gasteiger partial charge in [0, 0.05) is 12.2 Å². The predicted octanol–water partition coefficient (Wildman–Crippen LogP) is 3.70. The molecule has 0 bridgehead atoms. The average molecular weight is 283 g/mol. The van der Waals surface area contributed by atoms with E-state index in [0.717, 1.165) is 15.4 Å². The number of aryl methyl sites for hydroxylation is 1. The fraction of sp³-hybridized carbons (Fsp3) is 0.308.